The SMILES string of the molecule is C/C=C(\n1cccc1C(C)C)C(F)(F)F. The summed E-state index contributed by atoms with van der Waals surface area (Å²) in [6, 6.07) is 3.34. The Hall–Kier alpha value is -1.19. The molecule has 0 unspecified atom stereocenters. The van der Waals surface area contributed by atoms with Crippen molar-refractivity contribution in [2.24, 2.45) is 0 Å². The number of allylic oxidation sites excluding steroid dienone is 2. The first kappa shape index (κ1) is 11.9. The van der Waals surface area contributed by atoms with Crippen molar-refractivity contribution in [3.63, 3.8) is 0 Å². The molecule has 0 N–H and O–H groups in total. The van der Waals surface area contributed by atoms with Gasteiger partial charge in [0.25, 0.3) is 0 Å². The summed E-state index contributed by atoms with van der Waals surface area (Å²) >= 11 is 0. The number of halogens is 3. The van der Waals surface area contributed by atoms with Crippen molar-refractivity contribution in [3.8, 4) is 0 Å². The van der Waals surface area contributed by atoms with Crippen LogP contribution in [0.4, 0.5) is 13.2 Å². The van der Waals surface area contributed by atoms with Gasteiger partial charge < -0.3 is 4.57 Å². The Kier molecular flexibility index (Phi) is 3.27. The number of alkyl halides is 3. The number of aromatic nitrogens is 1. The van der Waals surface area contributed by atoms with Crippen LogP contribution in [0.15, 0.2) is 24.4 Å². The zero-order chi connectivity index (χ0) is 11.6. The predicted molar refractivity (Wildman–Crippen MR) is 54.5 cm³/mol. The highest BCUT2D eigenvalue weighted by molar-refractivity contribution is 5.52. The van der Waals surface area contributed by atoms with Gasteiger partial charge in [-0.25, -0.2) is 0 Å². The van der Waals surface area contributed by atoms with Gasteiger partial charge in [-0.05, 0) is 25.0 Å². The van der Waals surface area contributed by atoms with Crippen molar-refractivity contribution in [3.05, 3.63) is 30.1 Å². The van der Waals surface area contributed by atoms with Crippen molar-refractivity contribution in [2.75, 3.05) is 0 Å². The van der Waals surface area contributed by atoms with Gasteiger partial charge >= 0.3 is 6.18 Å². The third kappa shape index (κ3) is 2.43. The first-order valence-electron chi connectivity index (χ1n) is 4.79. The van der Waals surface area contributed by atoms with Crippen LogP contribution in [0.2, 0.25) is 0 Å². The average molecular weight is 217 g/mol. The van der Waals surface area contributed by atoms with Crippen LogP contribution in [-0.2, 0) is 0 Å². The third-order valence-electron chi connectivity index (χ3n) is 2.20. The van der Waals surface area contributed by atoms with Crippen LogP contribution < -0.4 is 0 Å². The van der Waals surface area contributed by atoms with Crippen LogP contribution in [0.1, 0.15) is 32.4 Å². The van der Waals surface area contributed by atoms with E-state index < -0.39 is 11.9 Å². The molecule has 0 atom stereocenters. The molecule has 0 saturated heterocycles. The summed E-state index contributed by atoms with van der Waals surface area (Å²) in [4.78, 5) is 0. The molecule has 0 amide bonds. The molecule has 84 valence electrons. The van der Waals surface area contributed by atoms with E-state index in [1.807, 2.05) is 13.8 Å². The summed E-state index contributed by atoms with van der Waals surface area (Å²) in [5.74, 6) is 0.0669. The lowest BCUT2D eigenvalue weighted by Gasteiger charge is -2.17. The van der Waals surface area contributed by atoms with Crippen molar-refractivity contribution < 1.29 is 13.2 Å². The van der Waals surface area contributed by atoms with Gasteiger partial charge in [-0.15, -0.1) is 0 Å². The maximum absolute atomic E-state index is 12.6. The highest BCUT2D eigenvalue weighted by atomic mass is 19.4. The standard InChI is InChI=1S/C11H14F3N/c1-4-10(11(12,13)14)15-7-5-6-9(15)8(2)3/h4-8H,1-3H3/b10-4-. The van der Waals surface area contributed by atoms with Crippen LogP contribution in [-0.4, -0.2) is 10.7 Å². The molecule has 0 aliphatic rings. The molecule has 1 aromatic heterocycles. The predicted octanol–water partition coefficient (Wildman–Crippen LogP) is 4.03. The van der Waals surface area contributed by atoms with Crippen LogP contribution in [0.5, 0.6) is 0 Å². The van der Waals surface area contributed by atoms with E-state index in [0.717, 1.165) is 6.08 Å². The van der Waals surface area contributed by atoms with Gasteiger partial charge in [0.05, 0.1) is 0 Å². The molecule has 0 fully saturated rings. The first-order chi connectivity index (χ1) is 6.88. The smallest absolute Gasteiger partial charge is 0.317 e. The summed E-state index contributed by atoms with van der Waals surface area (Å²) in [6.07, 6.45) is -1.78. The van der Waals surface area contributed by atoms with Gasteiger partial charge in [-0.1, -0.05) is 19.9 Å². The van der Waals surface area contributed by atoms with E-state index in [0.29, 0.717) is 5.69 Å². The third-order valence-corrected chi connectivity index (χ3v) is 2.20. The minimum absolute atomic E-state index is 0.0669. The number of nitrogens with zero attached hydrogens (tertiary/aromatic N) is 1. The lowest BCUT2D eigenvalue weighted by molar-refractivity contribution is -0.0738. The van der Waals surface area contributed by atoms with Crippen LogP contribution in [0, 0.1) is 0 Å². The molecule has 1 nitrogen and oxygen atoms in total. The Balaban J connectivity index is 3.21. The molecule has 1 rings (SSSR count). The zero-order valence-corrected chi connectivity index (χ0v) is 8.97. The maximum atomic E-state index is 12.6. The molecule has 0 spiro atoms. The van der Waals surface area contributed by atoms with Crippen molar-refractivity contribution >= 4 is 5.70 Å². The van der Waals surface area contributed by atoms with Crippen molar-refractivity contribution in [1.82, 2.24) is 4.57 Å². The molecule has 0 bridgehead atoms. The molecule has 15 heavy (non-hydrogen) atoms. The zero-order valence-electron chi connectivity index (χ0n) is 8.97. The van der Waals surface area contributed by atoms with Crippen LogP contribution >= 0.6 is 0 Å². The largest absolute Gasteiger partial charge is 0.431 e. The molecular formula is C11H14F3N. The molecule has 1 aromatic rings. The van der Waals surface area contributed by atoms with Gasteiger partial charge in [0.15, 0.2) is 0 Å². The summed E-state index contributed by atoms with van der Waals surface area (Å²) in [6.45, 7) is 5.14. The summed E-state index contributed by atoms with van der Waals surface area (Å²) in [7, 11) is 0. The van der Waals surface area contributed by atoms with Crippen molar-refractivity contribution in [1.29, 1.82) is 0 Å². The van der Waals surface area contributed by atoms with Gasteiger partial charge in [0.2, 0.25) is 0 Å². The number of hydrogen-bond acceptors (Lipinski definition) is 0. The summed E-state index contributed by atoms with van der Waals surface area (Å²) < 4.78 is 39.1. The molecule has 0 saturated carbocycles. The Labute approximate surface area is 87.2 Å². The molecular weight excluding hydrogens is 203 g/mol. The van der Waals surface area contributed by atoms with E-state index in [4.69, 9.17) is 0 Å². The minimum atomic E-state index is -4.31. The van der Waals surface area contributed by atoms with E-state index in [1.54, 1.807) is 12.1 Å². The molecule has 0 aliphatic heterocycles. The second-order valence-corrected chi connectivity index (χ2v) is 3.63. The maximum Gasteiger partial charge on any atom is 0.431 e. The molecule has 0 aliphatic carbocycles. The van der Waals surface area contributed by atoms with E-state index in [1.165, 1.54) is 17.7 Å². The molecule has 0 aromatic carbocycles. The van der Waals surface area contributed by atoms with E-state index >= 15 is 0 Å². The summed E-state index contributed by atoms with van der Waals surface area (Å²) in [5, 5.41) is 0. The lowest BCUT2D eigenvalue weighted by Crippen LogP contribution is -2.17. The van der Waals surface area contributed by atoms with Gasteiger partial charge in [0.1, 0.15) is 5.70 Å². The Bertz CT molecular complexity index is 358. The van der Waals surface area contributed by atoms with E-state index in [2.05, 4.69) is 0 Å². The fourth-order valence-corrected chi connectivity index (χ4v) is 1.52. The Morgan fingerprint density at radius 2 is 2.00 bits per heavy atom. The second kappa shape index (κ2) is 4.13. The lowest BCUT2D eigenvalue weighted by atomic mass is 10.1. The number of hydrogen-bond donors (Lipinski definition) is 0. The normalized spacial score (nSPS) is 13.7. The fraction of sp³-hybridized carbons (Fsp3) is 0.455. The second-order valence-electron chi connectivity index (χ2n) is 3.63. The summed E-state index contributed by atoms with van der Waals surface area (Å²) in [5.41, 5.74) is 0.0385. The highest BCUT2D eigenvalue weighted by Gasteiger charge is 2.35. The Morgan fingerprint density at radius 1 is 1.40 bits per heavy atom. The van der Waals surface area contributed by atoms with Gasteiger partial charge in [-0.2, -0.15) is 13.2 Å². The van der Waals surface area contributed by atoms with Crippen LogP contribution in [0.3, 0.4) is 0 Å². The molecule has 0 radical (unpaired) electrons. The minimum Gasteiger partial charge on any atom is -0.317 e. The average Bonchev–Trinajstić information content (AvgIpc) is 2.51. The first-order valence-corrected chi connectivity index (χ1v) is 4.79. The fourth-order valence-electron chi connectivity index (χ4n) is 1.52. The van der Waals surface area contributed by atoms with E-state index in [9.17, 15) is 13.2 Å². The van der Waals surface area contributed by atoms with Gasteiger partial charge in [0, 0.05) is 11.9 Å². The quantitative estimate of drug-likeness (QED) is 0.704. The molecule has 4 heteroatoms. The Morgan fingerprint density at radius 3 is 2.40 bits per heavy atom. The van der Waals surface area contributed by atoms with Crippen molar-refractivity contribution in [2.45, 2.75) is 32.9 Å². The number of rotatable bonds is 2. The monoisotopic (exact) mass is 217 g/mol. The highest BCUT2D eigenvalue weighted by Crippen LogP contribution is 2.32. The topological polar surface area (TPSA) is 4.93 Å². The van der Waals surface area contributed by atoms with Gasteiger partial charge in [-0.3, -0.25) is 0 Å². The molecule has 1 heterocycles. The van der Waals surface area contributed by atoms with E-state index in [-0.39, 0.29) is 5.92 Å². The van der Waals surface area contributed by atoms with Crippen LogP contribution in [0.25, 0.3) is 5.70 Å².